The molecule has 1 aliphatic heterocycles. The van der Waals surface area contributed by atoms with Crippen LogP contribution in [-0.2, 0) is 13.0 Å². The summed E-state index contributed by atoms with van der Waals surface area (Å²) in [5.74, 6) is 1.55. The monoisotopic (exact) mass is 325 g/mol. The highest BCUT2D eigenvalue weighted by Crippen LogP contribution is 2.15. The van der Waals surface area contributed by atoms with Gasteiger partial charge in [0.25, 0.3) is 0 Å². The standard InChI is InChI=1S/C19H27N5/c1-23(2)19-11-18(21-15-22-19)10-17-12-20-8-9-24(14-17)13-16-6-4-3-5-7-16/h3-7,11,15,17,20H,8-10,12-14H2,1-2H3. The molecule has 1 fully saturated rings. The molecule has 0 spiro atoms. The van der Waals surface area contributed by atoms with Crippen LogP contribution in [0.5, 0.6) is 0 Å². The molecule has 1 atom stereocenters. The molecule has 1 N–H and O–H groups in total. The van der Waals surface area contributed by atoms with Crippen molar-refractivity contribution in [1.82, 2.24) is 20.2 Å². The molecule has 0 bridgehead atoms. The zero-order valence-corrected chi connectivity index (χ0v) is 14.7. The van der Waals surface area contributed by atoms with E-state index >= 15 is 0 Å². The topological polar surface area (TPSA) is 44.3 Å². The van der Waals surface area contributed by atoms with Gasteiger partial charge in [0.05, 0.1) is 0 Å². The summed E-state index contributed by atoms with van der Waals surface area (Å²) in [7, 11) is 4.03. The van der Waals surface area contributed by atoms with Gasteiger partial charge >= 0.3 is 0 Å². The SMILES string of the molecule is CN(C)c1cc(CC2CNCCN(Cc3ccccc3)C2)ncn1. The maximum atomic E-state index is 4.47. The van der Waals surface area contributed by atoms with Gasteiger partial charge in [0, 0.05) is 52.0 Å². The van der Waals surface area contributed by atoms with Crippen LogP contribution in [0.15, 0.2) is 42.7 Å². The highest BCUT2D eigenvalue weighted by molar-refractivity contribution is 5.36. The van der Waals surface area contributed by atoms with Crippen LogP contribution in [0.1, 0.15) is 11.3 Å². The zero-order valence-electron chi connectivity index (χ0n) is 14.7. The van der Waals surface area contributed by atoms with Crippen LogP contribution in [0.4, 0.5) is 5.82 Å². The number of anilines is 1. The predicted octanol–water partition coefficient (Wildman–Crippen LogP) is 1.81. The second-order valence-electron chi connectivity index (χ2n) is 6.76. The minimum Gasteiger partial charge on any atom is -0.363 e. The van der Waals surface area contributed by atoms with Gasteiger partial charge in [0.15, 0.2) is 0 Å². The number of aromatic nitrogens is 2. The molecule has 1 aromatic heterocycles. The minimum absolute atomic E-state index is 0.570. The molecule has 2 aromatic rings. The van der Waals surface area contributed by atoms with Crippen LogP contribution in [0.3, 0.4) is 0 Å². The van der Waals surface area contributed by atoms with Gasteiger partial charge < -0.3 is 10.2 Å². The van der Waals surface area contributed by atoms with Crippen molar-refractivity contribution in [2.24, 2.45) is 5.92 Å². The maximum Gasteiger partial charge on any atom is 0.131 e. The number of hydrogen-bond donors (Lipinski definition) is 1. The lowest BCUT2D eigenvalue weighted by molar-refractivity contribution is 0.248. The Kier molecular flexibility index (Phi) is 5.77. The lowest BCUT2D eigenvalue weighted by Crippen LogP contribution is -2.30. The molecule has 1 saturated heterocycles. The summed E-state index contributed by atoms with van der Waals surface area (Å²) < 4.78 is 0. The van der Waals surface area contributed by atoms with Crippen molar-refractivity contribution in [1.29, 1.82) is 0 Å². The van der Waals surface area contributed by atoms with Gasteiger partial charge in [-0.05, 0) is 24.4 Å². The molecule has 5 nitrogen and oxygen atoms in total. The molecule has 3 rings (SSSR count). The summed E-state index contributed by atoms with van der Waals surface area (Å²) in [6.07, 6.45) is 2.66. The van der Waals surface area contributed by atoms with E-state index in [1.165, 1.54) is 5.56 Å². The second kappa shape index (κ2) is 8.22. The fourth-order valence-electron chi connectivity index (χ4n) is 3.22. The van der Waals surface area contributed by atoms with Crippen molar-refractivity contribution in [3.05, 3.63) is 54.0 Å². The van der Waals surface area contributed by atoms with E-state index in [9.17, 15) is 0 Å². The van der Waals surface area contributed by atoms with E-state index in [4.69, 9.17) is 0 Å². The van der Waals surface area contributed by atoms with Crippen LogP contribution in [0, 0.1) is 5.92 Å². The van der Waals surface area contributed by atoms with Crippen LogP contribution in [0.2, 0.25) is 0 Å². The second-order valence-corrected chi connectivity index (χ2v) is 6.76. The van der Waals surface area contributed by atoms with E-state index in [0.717, 1.165) is 50.7 Å². The molecule has 0 aliphatic carbocycles. The first-order valence-corrected chi connectivity index (χ1v) is 8.66. The van der Waals surface area contributed by atoms with Crippen molar-refractivity contribution in [2.75, 3.05) is 45.2 Å². The predicted molar refractivity (Wildman–Crippen MR) is 98.1 cm³/mol. The Morgan fingerprint density at radius 1 is 1.21 bits per heavy atom. The number of nitrogens with one attached hydrogen (secondary N) is 1. The first-order valence-electron chi connectivity index (χ1n) is 8.66. The smallest absolute Gasteiger partial charge is 0.131 e. The molecule has 2 heterocycles. The van der Waals surface area contributed by atoms with E-state index < -0.39 is 0 Å². The number of benzene rings is 1. The lowest BCUT2D eigenvalue weighted by atomic mass is 10.0. The average molecular weight is 325 g/mol. The summed E-state index contributed by atoms with van der Waals surface area (Å²) in [6, 6.07) is 12.8. The van der Waals surface area contributed by atoms with Gasteiger partial charge in [0.1, 0.15) is 12.1 Å². The van der Waals surface area contributed by atoms with Crippen molar-refractivity contribution < 1.29 is 0 Å². The molecule has 1 aliphatic rings. The molecular weight excluding hydrogens is 298 g/mol. The van der Waals surface area contributed by atoms with Gasteiger partial charge in [-0.3, -0.25) is 4.90 Å². The summed E-state index contributed by atoms with van der Waals surface area (Å²) in [6.45, 7) is 5.32. The van der Waals surface area contributed by atoms with E-state index in [2.05, 4.69) is 56.6 Å². The van der Waals surface area contributed by atoms with Crippen molar-refractivity contribution in [3.8, 4) is 0 Å². The highest BCUT2D eigenvalue weighted by Gasteiger charge is 2.19. The zero-order chi connectivity index (χ0) is 16.8. The molecule has 5 heteroatoms. The molecule has 0 saturated carbocycles. The van der Waals surface area contributed by atoms with Crippen LogP contribution < -0.4 is 10.2 Å². The quantitative estimate of drug-likeness (QED) is 0.908. The Balaban J connectivity index is 1.63. The van der Waals surface area contributed by atoms with Crippen LogP contribution in [0.25, 0.3) is 0 Å². The molecule has 0 amide bonds. The fraction of sp³-hybridized carbons (Fsp3) is 0.474. The molecule has 1 aromatic carbocycles. The Morgan fingerprint density at radius 3 is 2.83 bits per heavy atom. The summed E-state index contributed by atoms with van der Waals surface area (Å²) >= 11 is 0. The van der Waals surface area contributed by atoms with Crippen molar-refractivity contribution >= 4 is 5.82 Å². The van der Waals surface area contributed by atoms with Crippen molar-refractivity contribution in [3.63, 3.8) is 0 Å². The van der Waals surface area contributed by atoms with Crippen LogP contribution >= 0.6 is 0 Å². The van der Waals surface area contributed by atoms with Gasteiger partial charge in [-0.15, -0.1) is 0 Å². The van der Waals surface area contributed by atoms with Crippen molar-refractivity contribution in [2.45, 2.75) is 13.0 Å². The maximum absolute atomic E-state index is 4.47. The molecular formula is C19H27N5. The summed E-state index contributed by atoms with van der Waals surface area (Å²) in [5.41, 5.74) is 2.51. The molecule has 1 unspecified atom stereocenters. The highest BCUT2D eigenvalue weighted by atomic mass is 15.2. The van der Waals surface area contributed by atoms with E-state index in [-0.39, 0.29) is 0 Å². The first kappa shape index (κ1) is 16.9. The normalized spacial score (nSPS) is 19.0. The average Bonchev–Trinajstić information content (AvgIpc) is 2.81. The molecule has 24 heavy (non-hydrogen) atoms. The third-order valence-electron chi connectivity index (χ3n) is 4.47. The Morgan fingerprint density at radius 2 is 2.04 bits per heavy atom. The van der Waals surface area contributed by atoms with Gasteiger partial charge in [-0.1, -0.05) is 30.3 Å². The van der Waals surface area contributed by atoms with E-state index in [1.54, 1.807) is 6.33 Å². The number of rotatable bonds is 5. The third-order valence-corrected chi connectivity index (χ3v) is 4.47. The van der Waals surface area contributed by atoms with Gasteiger partial charge in [0.2, 0.25) is 0 Å². The van der Waals surface area contributed by atoms with Crippen LogP contribution in [-0.4, -0.2) is 55.1 Å². The summed E-state index contributed by atoms with van der Waals surface area (Å²) in [4.78, 5) is 13.4. The Hall–Kier alpha value is -1.98. The molecule has 128 valence electrons. The van der Waals surface area contributed by atoms with E-state index in [1.807, 2.05) is 19.0 Å². The minimum atomic E-state index is 0.570. The lowest BCUT2D eigenvalue weighted by Gasteiger charge is -2.24. The largest absolute Gasteiger partial charge is 0.363 e. The van der Waals surface area contributed by atoms with E-state index in [0.29, 0.717) is 5.92 Å². The number of nitrogens with zero attached hydrogens (tertiary/aromatic N) is 4. The molecule has 0 radical (unpaired) electrons. The fourth-order valence-corrected chi connectivity index (χ4v) is 3.22. The Bertz CT molecular complexity index is 629. The third kappa shape index (κ3) is 4.76. The number of hydrogen-bond acceptors (Lipinski definition) is 5. The Labute approximate surface area is 144 Å². The first-order chi connectivity index (χ1) is 11.7. The van der Waals surface area contributed by atoms with Gasteiger partial charge in [-0.2, -0.15) is 0 Å². The van der Waals surface area contributed by atoms with Gasteiger partial charge in [-0.25, -0.2) is 9.97 Å². The summed E-state index contributed by atoms with van der Waals surface area (Å²) in [5, 5.41) is 3.58.